The number of rotatable bonds is 5. The summed E-state index contributed by atoms with van der Waals surface area (Å²) in [6.45, 7) is 9.28. The minimum absolute atomic E-state index is 0.142. The molecule has 4 nitrogen and oxygen atoms in total. The standard InChI is InChI=1S/C19H31N3O/c1-19(2,3)15-6-8-17(9-7-15)22-13-10-16(11-14-22)21-18(23)5-4-12-20/h6-9,16H,4-5,10-14,20H2,1-3H3,(H,21,23). The van der Waals surface area contributed by atoms with Gasteiger partial charge in [-0.3, -0.25) is 4.79 Å². The zero-order valence-corrected chi connectivity index (χ0v) is 14.8. The minimum atomic E-state index is 0.142. The van der Waals surface area contributed by atoms with Crippen LogP contribution < -0.4 is 16.0 Å². The van der Waals surface area contributed by atoms with Gasteiger partial charge in [0.15, 0.2) is 0 Å². The number of nitrogens with two attached hydrogens (primary N) is 1. The first-order chi connectivity index (χ1) is 10.9. The molecule has 1 amide bonds. The minimum Gasteiger partial charge on any atom is -0.371 e. The van der Waals surface area contributed by atoms with Gasteiger partial charge < -0.3 is 16.0 Å². The van der Waals surface area contributed by atoms with Gasteiger partial charge in [0.05, 0.1) is 0 Å². The molecule has 0 bridgehead atoms. The normalized spacial score (nSPS) is 16.4. The second-order valence-corrected chi connectivity index (χ2v) is 7.52. The van der Waals surface area contributed by atoms with E-state index in [2.05, 4.69) is 55.3 Å². The number of carbonyl (C=O) groups excluding carboxylic acids is 1. The smallest absolute Gasteiger partial charge is 0.220 e. The molecule has 0 spiro atoms. The van der Waals surface area contributed by atoms with E-state index in [1.807, 2.05) is 0 Å². The van der Waals surface area contributed by atoms with Crippen LogP contribution in [0.4, 0.5) is 5.69 Å². The maximum absolute atomic E-state index is 11.8. The van der Waals surface area contributed by atoms with Crippen LogP contribution in [0.25, 0.3) is 0 Å². The summed E-state index contributed by atoms with van der Waals surface area (Å²) < 4.78 is 0. The lowest BCUT2D eigenvalue weighted by molar-refractivity contribution is -0.122. The molecule has 0 saturated carbocycles. The molecule has 1 aliphatic heterocycles. The van der Waals surface area contributed by atoms with Gasteiger partial charge in [-0.05, 0) is 48.9 Å². The Morgan fingerprint density at radius 3 is 2.35 bits per heavy atom. The van der Waals surface area contributed by atoms with Crippen molar-refractivity contribution in [2.45, 2.75) is 57.9 Å². The average molecular weight is 317 g/mol. The van der Waals surface area contributed by atoms with Gasteiger partial charge in [0.1, 0.15) is 0 Å². The summed E-state index contributed by atoms with van der Waals surface area (Å²) in [6.07, 6.45) is 3.33. The molecule has 1 heterocycles. The first-order valence-corrected chi connectivity index (χ1v) is 8.75. The van der Waals surface area contributed by atoms with Crippen LogP contribution in [-0.2, 0) is 10.2 Å². The molecule has 23 heavy (non-hydrogen) atoms. The van der Waals surface area contributed by atoms with E-state index >= 15 is 0 Å². The molecule has 0 aromatic heterocycles. The van der Waals surface area contributed by atoms with Crippen molar-refractivity contribution in [2.24, 2.45) is 5.73 Å². The summed E-state index contributed by atoms with van der Waals surface area (Å²) in [7, 11) is 0. The number of anilines is 1. The highest BCUT2D eigenvalue weighted by molar-refractivity contribution is 5.76. The van der Waals surface area contributed by atoms with Crippen LogP contribution in [0, 0.1) is 0 Å². The summed E-state index contributed by atoms with van der Waals surface area (Å²) in [4.78, 5) is 14.2. The van der Waals surface area contributed by atoms with E-state index in [9.17, 15) is 4.79 Å². The van der Waals surface area contributed by atoms with Crippen LogP contribution in [-0.4, -0.2) is 31.6 Å². The molecule has 2 rings (SSSR count). The summed E-state index contributed by atoms with van der Waals surface area (Å²) in [5.74, 6) is 0.142. The van der Waals surface area contributed by atoms with Crippen LogP contribution >= 0.6 is 0 Å². The SMILES string of the molecule is CC(C)(C)c1ccc(N2CCC(NC(=O)CCCN)CC2)cc1. The Hall–Kier alpha value is -1.55. The number of hydrogen-bond acceptors (Lipinski definition) is 3. The number of nitrogens with one attached hydrogen (secondary N) is 1. The van der Waals surface area contributed by atoms with Crippen molar-refractivity contribution < 1.29 is 4.79 Å². The van der Waals surface area contributed by atoms with Crippen molar-refractivity contribution in [3.05, 3.63) is 29.8 Å². The molecule has 4 heteroatoms. The van der Waals surface area contributed by atoms with Crippen molar-refractivity contribution in [2.75, 3.05) is 24.5 Å². The number of benzene rings is 1. The van der Waals surface area contributed by atoms with E-state index in [0.29, 0.717) is 19.0 Å². The van der Waals surface area contributed by atoms with Crippen LogP contribution in [0.3, 0.4) is 0 Å². The maximum Gasteiger partial charge on any atom is 0.220 e. The Morgan fingerprint density at radius 1 is 1.22 bits per heavy atom. The van der Waals surface area contributed by atoms with Crippen molar-refractivity contribution in [1.29, 1.82) is 0 Å². The van der Waals surface area contributed by atoms with E-state index in [4.69, 9.17) is 5.73 Å². The van der Waals surface area contributed by atoms with Crippen LogP contribution in [0.5, 0.6) is 0 Å². The first-order valence-electron chi connectivity index (χ1n) is 8.75. The van der Waals surface area contributed by atoms with Crippen molar-refractivity contribution in [3.63, 3.8) is 0 Å². The monoisotopic (exact) mass is 317 g/mol. The number of piperidine rings is 1. The third-order valence-electron chi connectivity index (χ3n) is 4.57. The number of nitrogens with zero attached hydrogens (tertiary/aromatic N) is 1. The van der Waals surface area contributed by atoms with Crippen molar-refractivity contribution in [1.82, 2.24) is 5.32 Å². The van der Waals surface area contributed by atoms with E-state index in [-0.39, 0.29) is 11.3 Å². The Kier molecular flexibility index (Phi) is 6.05. The molecular formula is C19H31N3O. The lowest BCUT2D eigenvalue weighted by Crippen LogP contribution is -2.44. The Bertz CT molecular complexity index is 496. The van der Waals surface area contributed by atoms with Crippen molar-refractivity contribution in [3.8, 4) is 0 Å². The zero-order chi connectivity index (χ0) is 16.9. The summed E-state index contributed by atoms with van der Waals surface area (Å²) in [5.41, 5.74) is 8.28. The molecule has 1 fully saturated rings. The summed E-state index contributed by atoms with van der Waals surface area (Å²) in [5, 5.41) is 3.13. The number of hydrogen-bond donors (Lipinski definition) is 2. The Morgan fingerprint density at radius 2 is 1.83 bits per heavy atom. The average Bonchev–Trinajstić information content (AvgIpc) is 2.53. The molecule has 1 aliphatic rings. The van der Waals surface area contributed by atoms with Crippen LogP contribution in [0.2, 0.25) is 0 Å². The highest BCUT2D eigenvalue weighted by atomic mass is 16.1. The van der Waals surface area contributed by atoms with Gasteiger partial charge in [0, 0.05) is 31.2 Å². The Labute approximate surface area is 140 Å². The van der Waals surface area contributed by atoms with Crippen molar-refractivity contribution >= 4 is 11.6 Å². The van der Waals surface area contributed by atoms with Crippen LogP contribution in [0.1, 0.15) is 52.0 Å². The molecule has 1 aromatic rings. The molecule has 128 valence electrons. The zero-order valence-electron chi connectivity index (χ0n) is 14.8. The van der Waals surface area contributed by atoms with Gasteiger partial charge in [0.25, 0.3) is 0 Å². The van der Waals surface area contributed by atoms with E-state index in [0.717, 1.165) is 32.4 Å². The second-order valence-electron chi connectivity index (χ2n) is 7.52. The molecule has 1 saturated heterocycles. The van der Waals surface area contributed by atoms with E-state index in [1.54, 1.807) is 0 Å². The van der Waals surface area contributed by atoms with E-state index < -0.39 is 0 Å². The second kappa shape index (κ2) is 7.82. The van der Waals surface area contributed by atoms with Crippen LogP contribution in [0.15, 0.2) is 24.3 Å². The number of amides is 1. The van der Waals surface area contributed by atoms with Gasteiger partial charge in [-0.25, -0.2) is 0 Å². The van der Waals surface area contributed by atoms with Gasteiger partial charge >= 0.3 is 0 Å². The molecule has 0 radical (unpaired) electrons. The van der Waals surface area contributed by atoms with E-state index in [1.165, 1.54) is 11.3 Å². The largest absolute Gasteiger partial charge is 0.371 e. The summed E-state index contributed by atoms with van der Waals surface area (Å²) >= 11 is 0. The predicted octanol–water partition coefficient (Wildman–Crippen LogP) is 2.81. The van der Waals surface area contributed by atoms with Gasteiger partial charge in [-0.15, -0.1) is 0 Å². The quantitative estimate of drug-likeness (QED) is 0.878. The van der Waals surface area contributed by atoms with Gasteiger partial charge in [0.2, 0.25) is 5.91 Å². The summed E-state index contributed by atoms with van der Waals surface area (Å²) in [6, 6.07) is 9.22. The third-order valence-corrected chi connectivity index (χ3v) is 4.57. The molecule has 0 atom stereocenters. The first kappa shape index (κ1) is 17.8. The fourth-order valence-electron chi connectivity index (χ4n) is 3.02. The molecule has 1 aromatic carbocycles. The lowest BCUT2D eigenvalue weighted by atomic mass is 9.87. The lowest BCUT2D eigenvalue weighted by Gasteiger charge is -2.34. The highest BCUT2D eigenvalue weighted by Crippen LogP contribution is 2.26. The van der Waals surface area contributed by atoms with Gasteiger partial charge in [-0.1, -0.05) is 32.9 Å². The number of carbonyl (C=O) groups is 1. The molecule has 0 unspecified atom stereocenters. The molecule has 0 aliphatic carbocycles. The Balaban J connectivity index is 1.83. The molecular weight excluding hydrogens is 286 g/mol. The molecule has 3 N–H and O–H groups in total. The highest BCUT2D eigenvalue weighted by Gasteiger charge is 2.21. The topological polar surface area (TPSA) is 58.4 Å². The third kappa shape index (κ3) is 5.24. The van der Waals surface area contributed by atoms with Gasteiger partial charge in [-0.2, -0.15) is 0 Å². The maximum atomic E-state index is 11.8. The predicted molar refractivity (Wildman–Crippen MR) is 96.8 cm³/mol. The fourth-order valence-corrected chi connectivity index (χ4v) is 3.02. The fraction of sp³-hybridized carbons (Fsp3) is 0.632.